The number of carbonyl (C=O) groups is 2. The molecule has 1 saturated carbocycles. The topological polar surface area (TPSA) is 75.6 Å². The van der Waals surface area contributed by atoms with Crippen molar-refractivity contribution in [3.63, 3.8) is 0 Å². The van der Waals surface area contributed by atoms with Gasteiger partial charge in [-0.05, 0) is 44.4 Å². The standard InChI is InChI=1S/C14H17NO4/c1-14(6-3-7-14)15-13(18)10-4-2-5-11(8-10)19-9-12(16)17/h2,4-5,8H,3,6-7,9H2,1H3,(H,15,18)(H,16,17). The molecular formula is C14H17NO4. The first-order valence-corrected chi connectivity index (χ1v) is 6.26. The Labute approximate surface area is 111 Å². The number of nitrogens with one attached hydrogen (secondary N) is 1. The van der Waals surface area contributed by atoms with E-state index < -0.39 is 12.6 Å². The number of ether oxygens (including phenoxy) is 1. The molecule has 102 valence electrons. The molecular weight excluding hydrogens is 246 g/mol. The van der Waals surface area contributed by atoms with E-state index in [-0.39, 0.29) is 11.4 Å². The fourth-order valence-electron chi connectivity index (χ4n) is 2.05. The van der Waals surface area contributed by atoms with E-state index >= 15 is 0 Å². The summed E-state index contributed by atoms with van der Waals surface area (Å²) in [5, 5.41) is 11.5. The van der Waals surface area contributed by atoms with Crippen LogP contribution in [0.3, 0.4) is 0 Å². The van der Waals surface area contributed by atoms with Crippen molar-refractivity contribution in [2.24, 2.45) is 0 Å². The van der Waals surface area contributed by atoms with Crippen molar-refractivity contribution in [3.8, 4) is 5.75 Å². The quantitative estimate of drug-likeness (QED) is 0.849. The summed E-state index contributed by atoms with van der Waals surface area (Å²) in [6.45, 7) is 1.61. The molecule has 1 amide bonds. The van der Waals surface area contributed by atoms with Crippen LogP contribution in [0.25, 0.3) is 0 Å². The maximum Gasteiger partial charge on any atom is 0.341 e. The fraction of sp³-hybridized carbons (Fsp3) is 0.429. The molecule has 5 heteroatoms. The highest BCUT2D eigenvalue weighted by Crippen LogP contribution is 2.31. The predicted octanol–water partition coefficient (Wildman–Crippen LogP) is 1.82. The minimum Gasteiger partial charge on any atom is -0.482 e. The van der Waals surface area contributed by atoms with Crippen molar-refractivity contribution in [1.29, 1.82) is 0 Å². The molecule has 0 saturated heterocycles. The highest BCUT2D eigenvalue weighted by atomic mass is 16.5. The molecule has 2 N–H and O–H groups in total. The number of hydrogen-bond acceptors (Lipinski definition) is 3. The average Bonchev–Trinajstić information content (AvgIpc) is 2.35. The lowest BCUT2D eigenvalue weighted by atomic mass is 9.78. The molecule has 5 nitrogen and oxygen atoms in total. The first-order valence-electron chi connectivity index (χ1n) is 6.26. The summed E-state index contributed by atoms with van der Waals surface area (Å²) in [4.78, 5) is 22.5. The third-order valence-electron chi connectivity index (χ3n) is 3.33. The van der Waals surface area contributed by atoms with E-state index in [2.05, 4.69) is 5.32 Å². The van der Waals surface area contributed by atoms with Gasteiger partial charge in [0.2, 0.25) is 0 Å². The Bertz CT molecular complexity index is 494. The average molecular weight is 263 g/mol. The molecule has 1 aromatic carbocycles. The number of amides is 1. The smallest absolute Gasteiger partial charge is 0.341 e. The van der Waals surface area contributed by atoms with Crippen LogP contribution >= 0.6 is 0 Å². The van der Waals surface area contributed by atoms with E-state index in [9.17, 15) is 9.59 Å². The van der Waals surface area contributed by atoms with Gasteiger partial charge < -0.3 is 15.2 Å². The Hall–Kier alpha value is -2.04. The van der Waals surface area contributed by atoms with Crippen LogP contribution in [0.1, 0.15) is 36.5 Å². The van der Waals surface area contributed by atoms with Gasteiger partial charge in [-0.25, -0.2) is 4.79 Å². The summed E-state index contributed by atoms with van der Waals surface area (Å²) >= 11 is 0. The van der Waals surface area contributed by atoms with Crippen LogP contribution < -0.4 is 10.1 Å². The molecule has 1 aromatic rings. The third kappa shape index (κ3) is 3.47. The lowest BCUT2D eigenvalue weighted by molar-refractivity contribution is -0.139. The van der Waals surface area contributed by atoms with E-state index in [1.54, 1.807) is 24.3 Å². The van der Waals surface area contributed by atoms with Crippen molar-refractivity contribution >= 4 is 11.9 Å². The lowest BCUT2D eigenvalue weighted by Gasteiger charge is -2.39. The molecule has 0 unspecified atom stereocenters. The molecule has 0 aliphatic heterocycles. The van der Waals surface area contributed by atoms with Crippen LogP contribution in [0.4, 0.5) is 0 Å². The molecule has 2 rings (SSSR count). The maximum absolute atomic E-state index is 12.1. The van der Waals surface area contributed by atoms with E-state index in [0.717, 1.165) is 19.3 Å². The third-order valence-corrected chi connectivity index (χ3v) is 3.33. The van der Waals surface area contributed by atoms with Gasteiger partial charge in [0.05, 0.1) is 0 Å². The van der Waals surface area contributed by atoms with Gasteiger partial charge in [-0.2, -0.15) is 0 Å². The van der Waals surface area contributed by atoms with Crippen molar-refractivity contribution in [2.75, 3.05) is 6.61 Å². The number of hydrogen-bond donors (Lipinski definition) is 2. The van der Waals surface area contributed by atoms with Gasteiger partial charge >= 0.3 is 5.97 Å². The fourth-order valence-corrected chi connectivity index (χ4v) is 2.05. The first-order chi connectivity index (χ1) is 8.98. The van der Waals surface area contributed by atoms with Gasteiger partial charge in [-0.3, -0.25) is 4.79 Å². The van der Waals surface area contributed by atoms with Gasteiger partial charge in [0, 0.05) is 11.1 Å². The molecule has 0 spiro atoms. The van der Waals surface area contributed by atoms with Crippen molar-refractivity contribution in [1.82, 2.24) is 5.32 Å². The summed E-state index contributed by atoms with van der Waals surface area (Å²) in [5.74, 6) is -0.811. The van der Waals surface area contributed by atoms with Crippen LogP contribution in [0, 0.1) is 0 Å². The number of rotatable bonds is 5. The largest absolute Gasteiger partial charge is 0.482 e. The molecule has 1 fully saturated rings. The van der Waals surface area contributed by atoms with Crippen LogP contribution in [-0.4, -0.2) is 29.1 Å². The molecule has 0 atom stereocenters. The van der Waals surface area contributed by atoms with Gasteiger partial charge in [0.15, 0.2) is 6.61 Å². The highest BCUT2D eigenvalue weighted by molar-refractivity contribution is 5.95. The second-order valence-corrected chi connectivity index (χ2v) is 5.08. The van der Waals surface area contributed by atoms with Gasteiger partial charge in [0.1, 0.15) is 5.75 Å². The van der Waals surface area contributed by atoms with Gasteiger partial charge in [-0.15, -0.1) is 0 Å². The Morgan fingerprint density at radius 3 is 2.74 bits per heavy atom. The van der Waals surface area contributed by atoms with E-state index in [1.165, 1.54) is 0 Å². The Kier molecular flexibility index (Phi) is 3.74. The number of aliphatic carboxylic acids is 1. The Balaban J connectivity index is 2.01. The summed E-state index contributed by atoms with van der Waals surface area (Å²) in [6, 6.07) is 6.55. The van der Waals surface area contributed by atoms with Crippen molar-refractivity contribution in [2.45, 2.75) is 31.7 Å². The van der Waals surface area contributed by atoms with Crippen LogP contribution in [-0.2, 0) is 4.79 Å². The summed E-state index contributed by atoms with van der Waals surface area (Å²) in [5.41, 5.74) is 0.380. The summed E-state index contributed by atoms with van der Waals surface area (Å²) in [7, 11) is 0. The number of carboxylic acid groups (broad SMARTS) is 1. The number of carboxylic acids is 1. The normalized spacial score (nSPS) is 16.3. The van der Waals surface area contributed by atoms with Crippen LogP contribution in [0.2, 0.25) is 0 Å². The van der Waals surface area contributed by atoms with Crippen LogP contribution in [0.15, 0.2) is 24.3 Å². The number of carbonyl (C=O) groups excluding carboxylic acids is 1. The van der Waals surface area contributed by atoms with E-state index in [0.29, 0.717) is 11.3 Å². The second kappa shape index (κ2) is 5.30. The molecule has 0 aromatic heterocycles. The summed E-state index contributed by atoms with van der Waals surface area (Å²) < 4.78 is 5.05. The zero-order valence-corrected chi connectivity index (χ0v) is 10.8. The second-order valence-electron chi connectivity index (χ2n) is 5.08. The molecule has 0 radical (unpaired) electrons. The molecule has 0 heterocycles. The maximum atomic E-state index is 12.1. The predicted molar refractivity (Wildman–Crippen MR) is 69.3 cm³/mol. The lowest BCUT2D eigenvalue weighted by Crippen LogP contribution is -2.50. The van der Waals surface area contributed by atoms with Gasteiger partial charge in [-0.1, -0.05) is 6.07 Å². The zero-order valence-electron chi connectivity index (χ0n) is 10.8. The SMILES string of the molecule is CC1(NC(=O)c2cccc(OCC(=O)O)c2)CCC1. The van der Waals surface area contributed by atoms with Crippen molar-refractivity contribution in [3.05, 3.63) is 29.8 Å². The van der Waals surface area contributed by atoms with Crippen molar-refractivity contribution < 1.29 is 19.4 Å². The van der Waals surface area contributed by atoms with Crippen LogP contribution in [0.5, 0.6) is 5.75 Å². The summed E-state index contributed by atoms with van der Waals surface area (Å²) in [6.07, 6.45) is 3.13. The number of benzene rings is 1. The molecule has 0 bridgehead atoms. The minimum absolute atomic E-state index is 0.102. The zero-order chi connectivity index (χ0) is 13.9. The molecule has 1 aliphatic carbocycles. The molecule has 1 aliphatic rings. The van der Waals surface area contributed by atoms with Gasteiger partial charge in [0.25, 0.3) is 5.91 Å². The monoisotopic (exact) mass is 263 g/mol. The minimum atomic E-state index is -1.04. The highest BCUT2D eigenvalue weighted by Gasteiger charge is 2.33. The van der Waals surface area contributed by atoms with E-state index in [1.807, 2.05) is 6.92 Å². The Morgan fingerprint density at radius 1 is 1.42 bits per heavy atom. The first kappa shape index (κ1) is 13.4. The Morgan fingerprint density at radius 2 is 2.16 bits per heavy atom. The van der Waals surface area contributed by atoms with E-state index in [4.69, 9.17) is 9.84 Å². The molecule has 19 heavy (non-hydrogen) atoms.